The van der Waals surface area contributed by atoms with Crippen LogP contribution in [-0.2, 0) is 36.8 Å². The highest BCUT2D eigenvalue weighted by atomic mass is 16.3. The van der Waals surface area contributed by atoms with Crippen molar-refractivity contribution in [2.24, 2.45) is 28.1 Å². The minimum atomic E-state index is -1.11. The number of hydrogen-bond donors (Lipinski definition) is 7. The van der Waals surface area contributed by atoms with Crippen molar-refractivity contribution in [1.82, 2.24) is 20.9 Å². The average Bonchev–Trinajstić information content (AvgIpc) is 3.11. The Morgan fingerprint density at radius 2 is 1.51 bits per heavy atom. The maximum Gasteiger partial charge on any atom is 0.243 e. The van der Waals surface area contributed by atoms with Gasteiger partial charge in [0.15, 0.2) is 11.7 Å². The first-order valence-electron chi connectivity index (χ1n) is 17.1. The van der Waals surface area contributed by atoms with E-state index in [0.717, 1.165) is 16.3 Å². The number of aliphatic imine (C=N–C) groups is 1. The number of carbonyl (C=O) groups excluding carboxylic acids is 5. The fourth-order valence-corrected chi connectivity index (χ4v) is 6.20. The van der Waals surface area contributed by atoms with Gasteiger partial charge in [-0.25, -0.2) is 0 Å². The second kappa shape index (κ2) is 18.5. The Bertz CT molecular complexity index is 1730. The summed E-state index contributed by atoms with van der Waals surface area (Å²) in [4.78, 5) is 74.3. The van der Waals surface area contributed by atoms with Gasteiger partial charge < -0.3 is 43.2 Å². The molecule has 3 aromatic rings. The Morgan fingerprint density at radius 1 is 0.824 bits per heavy atom. The highest BCUT2D eigenvalue weighted by Crippen LogP contribution is 2.21. The molecular weight excluding hydrogens is 652 g/mol. The van der Waals surface area contributed by atoms with Crippen LogP contribution in [0.2, 0.25) is 0 Å². The number of nitrogens with zero attached hydrogens (tertiary/aromatic N) is 2. The van der Waals surface area contributed by atoms with Crippen LogP contribution in [0, 0.1) is 5.92 Å². The van der Waals surface area contributed by atoms with Gasteiger partial charge in [0.25, 0.3) is 0 Å². The molecule has 4 amide bonds. The number of amides is 4. The molecule has 14 heteroatoms. The molecule has 1 saturated heterocycles. The fraction of sp³-hybridized carbons (Fsp3) is 0.405. The largest absolute Gasteiger partial charge is 0.508 e. The van der Waals surface area contributed by atoms with Gasteiger partial charge in [0.1, 0.15) is 23.9 Å². The Morgan fingerprint density at radius 3 is 2.22 bits per heavy atom. The van der Waals surface area contributed by atoms with Crippen molar-refractivity contribution >= 4 is 46.1 Å². The number of benzene rings is 3. The number of nitrogens with two attached hydrogens (primary N) is 3. The molecule has 0 unspecified atom stereocenters. The standard InChI is InChI=1S/C37H48N8O6/c1-45-32(9-4-16-38)35(50)43-30(8-5-17-41-37(39)40)34(49)44-31(20-24-10-13-25-6-2-3-7-26(25)19-24)33(48)42-22-29(47)21-27(36(45)51)18-23-11-14-28(46)15-12-23/h2-3,6-7,10-15,19,27,30-32,46H,4-5,8-9,16-18,20-22,38H2,1H3,(H,42,48)(H,43,50)(H,44,49)(H4,39,40,41)/t27-,30-,31-,32+/m0/s1. The van der Waals surface area contributed by atoms with Crippen molar-refractivity contribution in [3.05, 3.63) is 77.9 Å². The normalized spacial score (nSPS) is 20.9. The summed E-state index contributed by atoms with van der Waals surface area (Å²) in [6.07, 6.45) is 1.10. The van der Waals surface area contributed by atoms with Gasteiger partial charge in [0.2, 0.25) is 23.6 Å². The number of guanidine groups is 1. The molecule has 1 aliphatic rings. The van der Waals surface area contributed by atoms with Gasteiger partial charge in [-0.1, -0.05) is 54.6 Å². The first kappa shape index (κ1) is 38.3. The minimum absolute atomic E-state index is 0.0517. The minimum Gasteiger partial charge on any atom is -0.508 e. The first-order valence-corrected chi connectivity index (χ1v) is 17.1. The number of hydrogen-bond acceptors (Lipinski definition) is 8. The molecule has 10 N–H and O–H groups in total. The van der Waals surface area contributed by atoms with E-state index in [-0.39, 0.29) is 63.4 Å². The lowest BCUT2D eigenvalue weighted by Gasteiger charge is -2.32. The lowest BCUT2D eigenvalue weighted by molar-refractivity contribution is -0.144. The third kappa shape index (κ3) is 11.3. The van der Waals surface area contributed by atoms with Crippen LogP contribution in [0.15, 0.2) is 71.7 Å². The van der Waals surface area contributed by atoms with Crippen molar-refractivity contribution < 1.29 is 29.1 Å². The zero-order chi connectivity index (χ0) is 36.9. The number of nitrogens with one attached hydrogen (secondary N) is 3. The Hall–Kier alpha value is -5.50. The van der Waals surface area contributed by atoms with Crippen LogP contribution < -0.4 is 33.2 Å². The molecule has 1 heterocycles. The van der Waals surface area contributed by atoms with E-state index in [1.807, 2.05) is 42.5 Å². The number of aromatic hydroxyl groups is 1. The van der Waals surface area contributed by atoms with Gasteiger partial charge in [-0.3, -0.25) is 29.0 Å². The molecule has 0 saturated carbocycles. The van der Waals surface area contributed by atoms with Crippen LogP contribution in [0.3, 0.4) is 0 Å². The van der Waals surface area contributed by atoms with Crippen LogP contribution >= 0.6 is 0 Å². The third-order valence-electron chi connectivity index (χ3n) is 8.97. The summed E-state index contributed by atoms with van der Waals surface area (Å²) < 4.78 is 0. The maximum absolute atomic E-state index is 14.1. The molecule has 0 bridgehead atoms. The number of phenolic OH excluding ortho intramolecular Hbond substituents is 1. The molecule has 4 rings (SSSR count). The first-order chi connectivity index (χ1) is 24.4. The van der Waals surface area contributed by atoms with Gasteiger partial charge >= 0.3 is 0 Å². The predicted octanol–water partition coefficient (Wildman–Crippen LogP) is 0.625. The summed E-state index contributed by atoms with van der Waals surface area (Å²) in [5, 5.41) is 20.0. The van der Waals surface area contributed by atoms with Gasteiger partial charge in [-0.15, -0.1) is 0 Å². The maximum atomic E-state index is 14.1. The fourth-order valence-electron chi connectivity index (χ4n) is 6.20. The topological polar surface area (TPSA) is 235 Å². The second-order valence-corrected chi connectivity index (χ2v) is 12.9. The van der Waals surface area contributed by atoms with Gasteiger partial charge in [0, 0.05) is 32.4 Å². The SMILES string of the molecule is CN1C(=O)[C@@H](Cc2ccc(O)cc2)CC(=O)CNC(=O)[C@H](Cc2ccc3ccccc3c2)NC(=O)[C@H](CCCN=C(N)N)NC(=O)[C@H]1CCCN. The molecule has 3 aromatic carbocycles. The van der Waals surface area contributed by atoms with Crippen molar-refractivity contribution in [1.29, 1.82) is 0 Å². The van der Waals surface area contributed by atoms with Crippen molar-refractivity contribution in [2.45, 2.75) is 63.1 Å². The van der Waals surface area contributed by atoms with Crippen molar-refractivity contribution in [3.63, 3.8) is 0 Å². The molecule has 1 fully saturated rings. The predicted molar refractivity (Wildman–Crippen MR) is 194 cm³/mol. The van der Waals surface area contributed by atoms with Crippen molar-refractivity contribution in [2.75, 3.05) is 26.7 Å². The summed E-state index contributed by atoms with van der Waals surface area (Å²) in [7, 11) is 1.49. The smallest absolute Gasteiger partial charge is 0.243 e. The lowest BCUT2D eigenvalue weighted by atomic mass is 9.92. The van der Waals surface area contributed by atoms with Crippen LogP contribution in [0.1, 0.15) is 43.2 Å². The van der Waals surface area contributed by atoms with Crippen LogP contribution in [0.4, 0.5) is 0 Å². The number of Topliss-reactive ketones (excluding diaryl/α,β-unsaturated/α-hetero) is 1. The summed E-state index contributed by atoms with van der Waals surface area (Å²) in [5.41, 5.74) is 18.2. The lowest BCUT2D eigenvalue weighted by Crippen LogP contribution is -2.57. The molecule has 14 nitrogen and oxygen atoms in total. The molecule has 0 aromatic heterocycles. The summed E-state index contributed by atoms with van der Waals surface area (Å²) in [6, 6.07) is 16.6. The van der Waals surface area contributed by atoms with Crippen molar-refractivity contribution in [3.8, 4) is 5.75 Å². The molecule has 51 heavy (non-hydrogen) atoms. The van der Waals surface area contributed by atoms with E-state index < -0.39 is 53.5 Å². The molecule has 0 spiro atoms. The Labute approximate surface area is 297 Å². The monoisotopic (exact) mass is 700 g/mol. The zero-order valence-corrected chi connectivity index (χ0v) is 28.8. The third-order valence-corrected chi connectivity index (χ3v) is 8.97. The van der Waals surface area contributed by atoms with E-state index in [0.29, 0.717) is 18.4 Å². The van der Waals surface area contributed by atoms with E-state index in [2.05, 4.69) is 20.9 Å². The number of likely N-dealkylation sites (N-methyl/N-ethyl adjacent to an activating group) is 1. The highest BCUT2D eigenvalue weighted by Gasteiger charge is 2.35. The van der Waals surface area contributed by atoms with E-state index in [1.165, 1.54) is 24.1 Å². The Balaban J connectivity index is 1.70. The molecule has 0 aliphatic carbocycles. The number of carbonyl (C=O) groups is 5. The summed E-state index contributed by atoms with van der Waals surface area (Å²) in [6.45, 7) is 0.0780. The molecule has 4 atom stereocenters. The second-order valence-electron chi connectivity index (χ2n) is 12.9. The summed E-state index contributed by atoms with van der Waals surface area (Å²) in [5.74, 6) is -3.60. The van der Waals surface area contributed by atoms with E-state index in [1.54, 1.807) is 12.1 Å². The Kier molecular flexibility index (Phi) is 13.9. The quantitative estimate of drug-likeness (QED) is 0.0843. The number of rotatable bonds is 11. The molecule has 1 aliphatic heterocycles. The molecular formula is C37H48N8O6. The van der Waals surface area contributed by atoms with Gasteiger partial charge in [-0.05, 0) is 72.7 Å². The number of fused-ring (bicyclic) bond motifs is 1. The van der Waals surface area contributed by atoms with Crippen LogP contribution in [0.5, 0.6) is 5.75 Å². The van der Waals surface area contributed by atoms with Crippen LogP contribution in [0.25, 0.3) is 10.8 Å². The van der Waals surface area contributed by atoms with Crippen LogP contribution in [-0.4, -0.2) is 90.2 Å². The van der Waals surface area contributed by atoms with E-state index in [9.17, 15) is 29.1 Å². The number of ketones is 1. The molecule has 0 radical (unpaired) electrons. The van der Waals surface area contributed by atoms with E-state index >= 15 is 0 Å². The van der Waals surface area contributed by atoms with E-state index in [4.69, 9.17) is 17.2 Å². The number of phenols is 1. The van der Waals surface area contributed by atoms with Gasteiger partial charge in [0.05, 0.1) is 6.54 Å². The zero-order valence-electron chi connectivity index (χ0n) is 28.8. The highest BCUT2D eigenvalue weighted by molar-refractivity contribution is 5.97. The average molecular weight is 701 g/mol. The summed E-state index contributed by atoms with van der Waals surface area (Å²) >= 11 is 0. The molecule has 272 valence electrons. The van der Waals surface area contributed by atoms with Gasteiger partial charge in [-0.2, -0.15) is 0 Å².